The van der Waals surface area contributed by atoms with Crippen molar-refractivity contribution >= 4 is 45.2 Å². The molecule has 2 rings (SSSR count). The number of esters is 1. The highest BCUT2D eigenvalue weighted by atomic mass is 32.1. The molecule has 0 unspecified atom stereocenters. The number of nitro benzene ring substituents is 1. The lowest BCUT2D eigenvalue weighted by atomic mass is 10.2. The van der Waals surface area contributed by atoms with E-state index in [1.807, 2.05) is 0 Å². The van der Waals surface area contributed by atoms with Crippen LogP contribution in [0.5, 0.6) is 0 Å². The van der Waals surface area contributed by atoms with Crippen LogP contribution in [0.3, 0.4) is 0 Å². The maximum Gasteiger partial charge on any atom is 0.350 e. The molecule has 0 fully saturated rings. The fourth-order valence-corrected chi connectivity index (χ4v) is 2.70. The predicted octanol–water partition coefficient (Wildman–Crippen LogP) is 2.16. The van der Waals surface area contributed by atoms with Gasteiger partial charge in [0.25, 0.3) is 5.69 Å². The molecule has 0 aliphatic carbocycles. The molecule has 0 aliphatic heterocycles. The van der Waals surface area contributed by atoms with Crippen LogP contribution in [0.1, 0.15) is 9.67 Å². The van der Waals surface area contributed by atoms with E-state index in [1.165, 1.54) is 25.3 Å². The van der Waals surface area contributed by atoms with Crippen molar-refractivity contribution in [2.24, 2.45) is 0 Å². The summed E-state index contributed by atoms with van der Waals surface area (Å²) in [6.07, 6.45) is 0.409. The Balaban J connectivity index is 2.71. The molecule has 0 saturated heterocycles. The SMILES string of the molecule is COC(=O)c1sc2ccc([N+](=O)[O-])cc2c1NC=O. The topological polar surface area (TPSA) is 98.5 Å². The van der Waals surface area contributed by atoms with Crippen molar-refractivity contribution < 1.29 is 19.2 Å². The molecule has 1 heterocycles. The number of non-ortho nitro benzene ring substituents is 1. The van der Waals surface area contributed by atoms with Crippen molar-refractivity contribution in [2.45, 2.75) is 0 Å². The van der Waals surface area contributed by atoms with E-state index in [1.54, 1.807) is 0 Å². The third kappa shape index (κ3) is 2.25. The number of anilines is 1. The average molecular weight is 280 g/mol. The molecule has 1 N–H and O–H groups in total. The Bertz CT molecular complexity index is 679. The molecule has 2 aromatic rings. The van der Waals surface area contributed by atoms with Crippen molar-refractivity contribution in [3.63, 3.8) is 0 Å². The van der Waals surface area contributed by atoms with Gasteiger partial charge in [-0.05, 0) is 6.07 Å². The number of nitrogens with one attached hydrogen (secondary N) is 1. The Morgan fingerprint density at radius 1 is 1.53 bits per heavy atom. The summed E-state index contributed by atoms with van der Waals surface area (Å²) in [5.74, 6) is -0.604. The molecule has 0 radical (unpaired) electrons. The van der Waals surface area contributed by atoms with Gasteiger partial charge >= 0.3 is 5.97 Å². The molecular weight excluding hydrogens is 272 g/mol. The fraction of sp³-hybridized carbons (Fsp3) is 0.0909. The number of hydrogen-bond acceptors (Lipinski definition) is 6. The van der Waals surface area contributed by atoms with Crippen LogP contribution in [0.4, 0.5) is 11.4 Å². The minimum Gasteiger partial charge on any atom is -0.465 e. The van der Waals surface area contributed by atoms with Crippen molar-refractivity contribution in [1.82, 2.24) is 0 Å². The molecule has 0 atom stereocenters. The number of benzene rings is 1. The first kappa shape index (κ1) is 13.0. The number of ether oxygens (including phenoxy) is 1. The Labute approximate surface area is 110 Å². The highest BCUT2D eigenvalue weighted by Crippen LogP contribution is 2.37. The summed E-state index contributed by atoms with van der Waals surface area (Å²) in [7, 11) is 1.22. The van der Waals surface area contributed by atoms with Gasteiger partial charge < -0.3 is 10.1 Å². The summed E-state index contributed by atoms with van der Waals surface area (Å²) >= 11 is 1.10. The second kappa shape index (κ2) is 5.02. The standard InChI is InChI=1S/C11H8N2O5S/c1-18-11(15)10-9(12-5-14)7-4-6(13(16)17)2-3-8(7)19-10/h2-5H,1H3,(H,12,14). The smallest absolute Gasteiger partial charge is 0.350 e. The van der Waals surface area contributed by atoms with Crippen LogP contribution in [0.25, 0.3) is 10.1 Å². The van der Waals surface area contributed by atoms with Gasteiger partial charge in [0.2, 0.25) is 6.41 Å². The van der Waals surface area contributed by atoms with Crippen molar-refractivity contribution in [2.75, 3.05) is 12.4 Å². The van der Waals surface area contributed by atoms with Crippen LogP contribution in [-0.2, 0) is 9.53 Å². The molecular formula is C11H8N2O5S. The highest BCUT2D eigenvalue weighted by Gasteiger charge is 2.20. The average Bonchev–Trinajstić information content (AvgIpc) is 2.76. The number of rotatable bonds is 4. The Kier molecular flexibility index (Phi) is 3.43. The third-order valence-corrected chi connectivity index (χ3v) is 3.61. The van der Waals surface area contributed by atoms with E-state index in [-0.39, 0.29) is 16.3 Å². The van der Waals surface area contributed by atoms with Gasteiger partial charge in [-0.25, -0.2) is 4.79 Å². The van der Waals surface area contributed by atoms with Crippen LogP contribution in [0.2, 0.25) is 0 Å². The zero-order chi connectivity index (χ0) is 14.0. The lowest BCUT2D eigenvalue weighted by Crippen LogP contribution is -2.03. The molecule has 98 valence electrons. The molecule has 19 heavy (non-hydrogen) atoms. The monoisotopic (exact) mass is 280 g/mol. The summed E-state index contributed by atoms with van der Waals surface area (Å²) < 4.78 is 5.26. The summed E-state index contributed by atoms with van der Waals surface area (Å²) in [6.45, 7) is 0. The lowest BCUT2D eigenvalue weighted by Gasteiger charge is -2.00. The van der Waals surface area contributed by atoms with Gasteiger partial charge in [0.15, 0.2) is 0 Å². The molecule has 1 aromatic carbocycles. The predicted molar refractivity (Wildman–Crippen MR) is 69.5 cm³/mol. The quantitative estimate of drug-likeness (QED) is 0.400. The van der Waals surface area contributed by atoms with Crippen LogP contribution < -0.4 is 5.32 Å². The van der Waals surface area contributed by atoms with Gasteiger partial charge in [-0.15, -0.1) is 11.3 Å². The normalized spacial score (nSPS) is 10.2. The van der Waals surface area contributed by atoms with Crippen molar-refractivity contribution in [1.29, 1.82) is 0 Å². The number of nitrogens with zero attached hydrogens (tertiary/aromatic N) is 1. The summed E-state index contributed by atoms with van der Waals surface area (Å²) in [5.41, 5.74) is 0.112. The number of thiophene rings is 1. The van der Waals surface area contributed by atoms with Crippen LogP contribution >= 0.6 is 11.3 Å². The van der Waals surface area contributed by atoms with E-state index in [0.717, 1.165) is 11.3 Å². The number of methoxy groups -OCH3 is 1. The number of carbonyl (C=O) groups is 2. The number of amides is 1. The van der Waals surface area contributed by atoms with Gasteiger partial charge in [0, 0.05) is 22.2 Å². The molecule has 0 bridgehead atoms. The molecule has 8 heteroatoms. The first-order chi connectivity index (χ1) is 9.08. The Morgan fingerprint density at radius 2 is 2.26 bits per heavy atom. The molecule has 0 aliphatic rings. The second-order valence-electron chi connectivity index (χ2n) is 3.50. The van der Waals surface area contributed by atoms with Gasteiger partial charge in [-0.1, -0.05) is 0 Å². The minimum absolute atomic E-state index is 0.115. The van der Waals surface area contributed by atoms with Crippen molar-refractivity contribution in [3.05, 3.63) is 33.2 Å². The number of fused-ring (bicyclic) bond motifs is 1. The molecule has 1 aromatic heterocycles. The Morgan fingerprint density at radius 3 is 2.84 bits per heavy atom. The minimum atomic E-state index is -0.604. The van der Waals surface area contributed by atoms with E-state index in [2.05, 4.69) is 10.1 Å². The van der Waals surface area contributed by atoms with Crippen LogP contribution in [0, 0.1) is 10.1 Å². The van der Waals surface area contributed by atoms with Crippen molar-refractivity contribution in [3.8, 4) is 0 Å². The Hall–Kier alpha value is -2.48. The second-order valence-corrected chi connectivity index (χ2v) is 4.55. The van der Waals surface area contributed by atoms with E-state index in [0.29, 0.717) is 16.5 Å². The zero-order valence-electron chi connectivity index (χ0n) is 9.71. The third-order valence-electron chi connectivity index (χ3n) is 2.46. The largest absolute Gasteiger partial charge is 0.465 e. The first-order valence-corrected chi connectivity index (χ1v) is 5.89. The van der Waals surface area contributed by atoms with E-state index in [4.69, 9.17) is 0 Å². The maximum atomic E-state index is 11.6. The first-order valence-electron chi connectivity index (χ1n) is 5.08. The number of carbonyl (C=O) groups excluding carboxylic acids is 2. The molecule has 7 nitrogen and oxygen atoms in total. The molecule has 0 spiro atoms. The van der Waals surface area contributed by atoms with Crippen LogP contribution in [0.15, 0.2) is 18.2 Å². The highest BCUT2D eigenvalue weighted by molar-refractivity contribution is 7.21. The van der Waals surface area contributed by atoms with E-state index < -0.39 is 10.9 Å². The number of nitro groups is 1. The fourth-order valence-electron chi connectivity index (χ4n) is 1.64. The molecule has 1 amide bonds. The zero-order valence-corrected chi connectivity index (χ0v) is 10.5. The number of hydrogen-bond donors (Lipinski definition) is 1. The summed E-state index contributed by atoms with van der Waals surface area (Å²) in [6, 6.07) is 4.18. The van der Waals surface area contributed by atoms with Gasteiger partial charge in [-0.3, -0.25) is 14.9 Å². The maximum absolute atomic E-state index is 11.6. The van der Waals surface area contributed by atoms with Crippen LogP contribution in [-0.4, -0.2) is 24.4 Å². The van der Waals surface area contributed by atoms with Gasteiger partial charge in [0.05, 0.1) is 17.7 Å². The van der Waals surface area contributed by atoms with Gasteiger partial charge in [0.1, 0.15) is 4.88 Å². The summed E-state index contributed by atoms with van der Waals surface area (Å²) in [5, 5.41) is 13.6. The lowest BCUT2D eigenvalue weighted by molar-refractivity contribution is -0.384. The molecule has 0 saturated carbocycles. The van der Waals surface area contributed by atoms with E-state index >= 15 is 0 Å². The summed E-state index contributed by atoms with van der Waals surface area (Å²) in [4.78, 5) is 32.6. The van der Waals surface area contributed by atoms with E-state index in [9.17, 15) is 19.7 Å². The van der Waals surface area contributed by atoms with Gasteiger partial charge in [-0.2, -0.15) is 0 Å².